The molecule has 1 aromatic carbocycles. The third kappa shape index (κ3) is 2.29. The van der Waals surface area contributed by atoms with Crippen LogP contribution in [0.4, 0.5) is 13.2 Å². The van der Waals surface area contributed by atoms with E-state index in [0.29, 0.717) is 5.52 Å². The first-order valence-electron chi connectivity index (χ1n) is 5.09. The smallest absolute Gasteiger partial charge is 0.409 e. The molecule has 7 heteroatoms. The lowest BCUT2D eigenvalue weighted by Gasteiger charge is -2.20. The van der Waals surface area contributed by atoms with Crippen LogP contribution in [0.5, 0.6) is 0 Å². The maximum absolute atomic E-state index is 12.9. The number of carbonyl (C=O) groups is 1. The molecule has 1 heterocycles. The van der Waals surface area contributed by atoms with Crippen molar-refractivity contribution in [1.82, 2.24) is 9.55 Å². The van der Waals surface area contributed by atoms with E-state index in [2.05, 4.69) is 4.98 Å². The van der Waals surface area contributed by atoms with E-state index in [9.17, 15) is 18.0 Å². The highest BCUT2D eigenvalue weighted by Gasteiger charge is 2.42. The summed E-state index contributed by atoms with van der Waals surface area (Å²) in [6.07, 6.45) is -4.64. The Morgan fingerprint density at radius 1 is 1.39 bits per heavy atom. The van der Waals surface area contributed by atoms with Crippen molar-refractivity contribution in [2.45, 2.75) is 18.6 Å². The van der Waals surface area contributed by atoms with Gasteiger partial charge in [0.15, 0.2) is 0 Å². The molecule has 0 fully saturated rings. The molecule has 0 saturated carbocycles. The van der Waals surface area contributed by atoms with Crippen LogP contribution in [-0.4, -0.2) is 26.8 Å². The van der Waals surface area contributed by atoms with Crippen LogP contribution in [0.2, 0.25) is 0 Å². The lowest BCUT2D eigenvalue weighted by Crippen LogP contribution is -2.28. The van der Waals surface area contributed by atoms with Crippen LogP contribution in [-0.2, 0) is 4.79 Å². The fourth-order valence-corrected chi connectivity index (χ4v) is 1.76. The summed E-state index contributed by atoms with van der Waals surface area (Å²) in [4.78, 5) is 14.4. The molecule has 0 amide bonds. The molecule has 0 radical (unpaired) electrons. The summed E-state index contributed by atoms with van der Waals surface area (Å²) < 4.78 is 39.4. The van der Waals surface area contributed by atoms with Crippen molar-refractivity contribution >= 4 is 17.0 Å². The predicted molar refractivity (Wildman–Crippen MR) is 57.1 cm³/mol. The van der Waals surface area contributed by atoms with Gasteiger partial charge >= 0.3 is 12.1 Å². The number of fused-ring (bicyclic) bond motifs is 1. The average Bonchev–Trinajstić information content (AvgIpc) is 2.67. The van der Waals surface area contributed by atoms with E-state index in [-0.39, 0.29) is 5.52 Å². The number of aromatic nitrogens is 2. The zero-order chi connectivity index (χ0) is 13.3. The van der Waals surface area contributed by atoms with Crippen molar-refractivity contribution in [1.29, 1.82) is 0 Å². The fourth-order valence-electron chi connectivity index (χ4n) is 1.76. The lowest BCUT2D eigenvalue weighted by molar-refractivity contribution is -0.176. The Balaban J connectivity index is 2.51. The number of carboxylic acids is 1. The number of benzene rings is 1. The molecule has 0 bridgehead atoms. The number of carboxylic acid groups (broad SMARTS) is 1. The molecule has 1 atom stereocenters. The molecule has 0 spiro atoms. The molecule has 96 valence electrons. The van der Waals surface area contributed by atoms with Crippen LogP contribution in [0.3, 0.4) is 0 Å². The highest BCUT2D eigenvalue weighted by molar-refractivity contribution is 5.75. The second-order valence-corrected chi connectivity index (χ2v) is 3.80. The first-order valence-corrected chi connectivity index (χ1v) is 5.09. The van der Waals surface area contributed by atoms with Gasteiger partial charge < -0.3 is 9.67 Å². The molecule has 1 unspecified atom stereocenters. The summed E-state index contributed by atoms with van der Waals surface area (Å²) in [5.41, 5.74) is 0.665. The van der Waals surface area contributed by atoms with Crippen molar-refractivity contribution in [3.63, 3.8) is 0 Å². The number of rotatable bonds is 3. The molecule has 0 saturated heterocycles. The molecule has 2 rings (SSSR count). The Bertz CT molecular complexity index is 577. The number of aliphatic carboxylic acids is 1. The molecular weight excluding hydrogens is 249 g/mol. The SMILES string of the molecule is O=C(O)CC(n1cnc2ccccc21)C(F)(F)F. The molecule has 0 aliphatic carbocycles. The molecule has 2 aromatic rings. The average molecular weight is 258 g/mol. The van der Waals surface area contributed by atoms with Gasteiger partial charge in [-0.15, -0.1) is 0 Å². The van der Waals surface area contributed by atoms with Crippen LogP contribution in [0, 0.1) is 0 Å². The van der Waals surface area contributed by atoms with Gasteiger partial charge in [0.2, 0.25) is 0 Å². The molecule has 1 aromatic heterocycles. The monoisotopic (exact) mass is 258 g/mol. The number of hydrogen-bond acceptors (Lipinski definition) is 2. The Morgan fingerprint density at radius 3 is 2.67 bits per heavy atom. The minimum Gasteiger partial charge on any atom is -0.481 e. The molecule has 0 aliphatic heterocycles. The molecular formula is C11H9F3N2O2. The Kier molecular flexibility index (Phi) is 2.98. The minimum atomic E-state index is -4.64. The molecule has 4 nitrogen and oxygen atoms in total. The molecule has 18 heavy (non-hydrogen) atoms. The zero-order valence-corrected chi connectivity index (χ0v) is 9.05. The number of nitrogens with zero attached hydrogens (tertiary/aromatic N) is 2. The van der Waals surface area contributed by atoms with Crippen molar-refractivity contribution in [3.8, 4) is 0 Å². The minimum absolute atomic E-state index is 0.265. The normalized spacial score (nSPS) is 13.7. The molecule has 1 N–H and O–H groups in total. The van der Waals surface area contributed by atoms with Crippen molar-refractivity contribution in [2.24, 2.45) is 0 Å². The maximum Gasteiger partial charge on any atom is 0.409 e. The van der Waals surface area contributed by atoms with Gasteiger partial charge in [0.05, 0.1) is 23.8 Å². The lowest BCUT2D eigenvalue weighted by atomic mass is 10.2. The largest absolute Gasteiger partial charge is 0.481 e. The van der Waals surface area contributed by atoms with Crippen LogP contribution >= 0.6 is 0 Å². The van der Waals surface area contributed by atoms with E-state index < -0.39 is 24.6 Å². The Labute approximate surface area is 99.7 Å². The highest BCUT2D eigenvalue weighted by atomic mass is 19.4. The van der Waals surface area contributed by atoms with Crippen LogP contribution in [0.1, 0.15) is 12.5 Å². The Morgan fingerprint density at radius 2 is 2.06 bits per heavy atom. The number of halogens is 3. The van der Waals surface area contributed by atoms with Crippen LogP contribution in [0.15, 0.2) is 30.6 Å². The third-order valence-electron chi connectivity index (χ3n) is 2.56. The first-order chi connectivity index (χ1) is 8.39. The summed E-state index contributed by atoms with van der Waals surface area (Å²) in [5, 5.41) is 8.58. The van der Waals surface area contributed by atoms with Crippen molar-refractivity contribution in [2.75, 3.05) is 0 Å². The summed E-state index contributed by atoms with van der Waals surface area (Å²) in [6, 6.07) is 4.17. The van der Waals surface area contributed by atoms with Crippen molar-refractivity contribution < 1.29 is 23.1 Å². The highest BCUT2D eigenvalue weighted by Crippen LogP contribution is 2.35. The van der Waals surface area contributed by atoms with Gasteiger partial charge in [-0.2, -0.15) is 13.2 Å². The zero-order valence-electron chi connectivity index (χ0n) is 9.05. The van der Waals surface area contributed by atoms with Gasteiger partial charge in [0.25, 0.3) is 0 Å². The third-order valence-corrected chi connectivity index (χ3v) is 2.56. The topological polar surface area (TPSA) is 55.1 Å². The van der Waals surface area contributed by atoms with Gasteiger partial charge in [-0.1, -0.05) is 12.1 Å². The maximum atomic E-state index is 12.9. The summed E-state index contributed by atoms with van der Waals surface area (Å²) in [5.74, 6) is -1.50. The van der Waals surface area contributed by atoms with Gasteiger partial charge in [-0.25, -0.2) is 4.98 Å². The summed E-state index contributed by atoms with van der Waals surface area (Å²) >= 11 is 0. The van der Waals surface area contributed by atoms with E-state index in [1.54, 1.807) is 18.2 Å². The fraction of sp³-hybridized carbons (Fsp3) is 0.273. The number of imidazole rings is 1. The number of para-hydroxylation sites is 2. The van der Waals surface area contributed by atoms with Gasteiger partial charge in [-0.05, 0) is 12.1 Å². The number of hydrogen-bond donors (Lipinski definition) is 1. The van der Waals surface area contributed by atoms with Crippen LogP contribution < -0.4 is 0 Å². The molecule has 0 aliphatic rings. The second kappa shape index (κ2) is 4.32. The van der Waals surface area contributed by atoms with E-state index in [1.807, 2.05) is 0 Å². The van der Waals surface area contributed by atoms with Gasteiger partial charge in [-0.3, -0.25) is 4.79 Å². The Hall–Kier alpha value is -2.05. The second-order valence-electron chi connectivity index (χ2n) is 3.80. The first kappa shape index (κ1) is 12.4. The van der Waals surface area contributed by atoms with Gasteiger partial charge in [0, 0.05) is 0 Å². The standard InChI is InChI=1S/C11H9F3N2O2/c12-11(13,14)9(5-10(17)18)16-6-15-7-3-1-2-4-8(7)16/h1-4,6,9H,5H2,(H,17,18). The van der Waals surface area contributed by atoms with Crippen LogP contribution in [0.25, 0.3) is 11.0 Å². The van der Waals surface area contributed by atoms with E-state index >= 15 is 0 Å². The quantitative estimate of drug-likeness (QED) is 0.920. The predicted octanol–water partition coefficient (Wildman–Crippen LogP) is 2.61. The summed E-state index contributed by atoms with van der Waals surface area (Å²) in [7, 11) is 0. The van der Waals surface area contributed by atoms with Gasteiger partial charge in [0.1, 0.15) is 6.04 Å². The number of alkyl halides is 3. The van der Waals surface area contributed by atoms with E-state index in [1.165, 1.54) is 6.07 Å². The summed E-state index contributed by atoms with van der Waals surface area (Å²) in [6.45, 7) is 0. The van der Waals surface area contributed by atoms with E-state index in [4.69, 9.17) is 5.11 Å². The van der Waals surface area contributed by atoms with Crippen molar-refractivity contribution in [3.05, 3.63) is 30.6 Å². The van der Waals surface area contributed by atoms with E-state index in [0.717, 1.165) is 10.9 Å².